The Morgan fingerprint density at radius 2 is 1.64 bits per heavy atom. The molecule has 0 saturated heterocycles. The molecular weight excluding hydrogens is 506 g/mol. The first kappa shape index (κ1) is 27.9. The van der Waals surface area contributed by atoms with Crippen LogP contribution < -0.4 is 10.5 Å². The molecule has 0 aliphatic heterocycles. The smallest absolute Gasteiger partial charge is 0.419 e. The van der Waals surface area contributed by atoms with Crippen molar-refractivity contribution in [3.05, 3.63) is 70.4 Å². The highest BCUT2D eigenvalue weighted by atomic mass is 32.1. The number of nitrogens with zero attached hydrogens (tertiary/aromatic N) is 1. The number of hydrogen-bond acceptors (Lipinski definition) is 5. The van der Waals surface area contributed by atoms with Crippen LogP contribution >= 0.6 is 11.3 Å². The van der Waals surface area contributed by atoms with Gasteiger partial charge >= 0.3 is 12.4 Å². The summed E-state index contributed by atoms with van der Waals surface area (Å²) in [6, 6.07) is 8.72. The Morgan fingerprint density at radius 3 is 2.25 bits per heavy atom. The van der Waals surface area contributed by atoms with Crippen molar-refractivity contribution in [2.45, 2.75) is 50.5 Å². The lowest BCUT2D eigenvalue weighted by Crippen LogP contribution is -2.36. The summed E-state index contributed by atoms with van der Waals surface area (Å²) in [5.41, 5.74) is 4.32. The lowest BCUT2D eigenvalue weighted by molar-refractivity contribution is -0.139. The maximum Gasteiger partial charge on any atom is 0.419 e. The number of nitrogens with two attached hydrogens (primary N) is 1. The number of unbranched alkanes of at least 4 members (excludes halogenated alkanes) is 2. The number of thiazole rings is 1. The molecule has 0 bridgehead atoms. The zero-order valence-corrected chi connectivity index (χ0v) is 20.2. The van der Waals surface area contributed by atoms with Crippen LogP contribution in [0.2, 0.25) is 0 Å². The second-order valence-corrected chi connectivity index (χ2v) is 9.70. The normalized spacial score (nSPS) is 14.0. The van der Waals surface area contributed by atoms with E-state index in [4.69, 9.17) is 10.5 Å². The highest BCUT2D eigenvalue weighted by Gasteiger charge is 2.35. The van der Waals surface area contributed by atoms with E-state index in [9.17, 15) is 31.4 Å². The Morgan fingerprint density at radius 1 is 0.944 bits per heavy atom. The summed E-state index contributed by atoms with van der Waals surface area (Å²) >= 11 is 1.11. The van der Waals surface area contributed by atoms with Crippen LogP contribution in [0.4, 0.5) is 26.3 Å². The molecule has 0 aliphatic carbocycles. The summed E-state index contributed by atoms with van der Waals surface area (Å²) in [4.78, 5) is 4.62. The minimum atomic E-state index is -4.63. The summed E-state index contributed by atoms with van der Waals surface area (Å²) in [7, 11) is 0. The van der Waals surface area contributed by atoms with Crippen LogP contribution in [0.1, 0.15) is 47.9 Å². The average molecular weight is 533 g/mol. The van der Waals surface area contributed by atoms with Crippen LogP contribution in [-0.4, -0.2) is 23.3 Å². The Labute approximate surface area is 208 Å². The van der Waals surface area contributed by atoms with E-state index in [1.165, 1.54) is 30.5 Å². The van der Waals surface area contributed by atoms with Crippen molar-refractivity contribution in [1.82, 2.24) is 4.98 Å². The van der Waals surface area contributed by atoms with Gasteiger partial charge in [-0.2, -0.15) is 26.3 Å². The monoisotopic (exact) mass is 532 g/mol. The number of hydrogen-bond donors (Lipinski definition) is 2. The molecule has 0 amide bonds. The molecule has 36 heavy (non-hydrogen) atoms. The molecule has 3 N–H and O–H groups in total. The number of ether oxygens (including phenoxy) is 1. The number of aryl methyl sites for hydroxylation is 1. The van der Waals surface area contributed by atoms with Crippen molar-refractivity contribution in [1.29, 1.82) is 0 Å². The van der Waals surface area contributed by atoms with E-state index in [2.05, 4.69) is 4.98 Å². The first-order chi connectivity index (χ1) is 16.8. The van der Waals surface area contributed by atoms with Crippen LogP contribution in [0.5, 0.6) is 5.75 Å². The summed E-state index contributed by atoms with van der Waals surface area (Å²) in [6.07, 6.45) is -5.21. The number of aromatic nitrogens is 1. The molecule has 0 spiro atoms. The van der Waals surface area contributed by atoms with Gasteiger partial charge in [-0.1, -0.05) is 12.1 Å². The number of rotatable bonds is 10. The van der Waals surface area contributed by atoms with Gasteiger partial charge in [0, 0.05) is 6.20 Å². The van der Waals surface area contributed by atoms with E-state index in [0.717, 1.165) is 35.1 Å². The molecule has 196 valence electrons. The number of halogens is 6. The van der Waals surface area contributed by atoms with Crippen LogP contribution in [0.25, 0.3) is 10.4 Å². The minimum Gasteiger partial charge on any atom is -0.493 e. The molecule has 0 unspecified atom stereocenters. The molecule has 3 rings (SSSR count). The number of aliphatic hydroxyl groups excluding tert-OH is 1. The van der Waals surface area contributed by atoms with Gasteiger partial charge in [-0.05, 0) is 74.1 Å². The average Bonchev–Trinajstić information content (AvgIpc) is 3.32. The van der Waals surface area contributed by atoms with Gasteiger partial charge in [0.05, 0.1) is 34.8 Å². The molecule has 1 heterocycles. The largest absolute Gasteiger partial charge is 0.493 e. The fourth-order valence-electron chi connectivity index (χ4n) is 3.42. The summed E-state index contributed by atoms with van der Waals surface area (Å²) in [5.74, 6) is -0.280. The van der Waals surface area contributed by atoms with Crippen molar-refractivity contribution in [3.8, 4) is 16.2 Å². The topological polar surface area (TPSA) is 68.4 Å². The Bertz CT molecular complexity index is 1140. The van der Waals surface area contributed by atoms with Crippen molar-refractivity contribution >= 4 is 11.3 Å². The van der Waals surface area contributed by atoms with Gasteiger partial charge in [-0.3, -0.25) is 0 Å². The minimum absolute atomic E-state index is 0.0716. The lowest BCUT2D eigenvalue weighted by atomic mass is 10.1. The van der Waals surface area contributed by atoms with E-state index in [1.54, 1.807) is 6.92 Å². The van der Waals surface area contributed by atoms with Gasteiger partial charge in [0.25, 0.3) is 0 Å². The van der Waals surface area contributed by atoms with Crippen LogP contribution in [0, 0.1) is 0 Å². The predicted octanol–water partition coefficient (Wildman–Crippen LogP) is 6.81. The quantitative estimate of drug-likeness (QED) is 0.223. The van der Waals surface area contributed by atoms with E-state index >= 15 is 0 Å². The highest BCUT2D eigenvalue weighted by Crippen LogP contribution is 2.40. The van der Waals surface area contributed by atoms with E-state index in [0.29, 0.717) is 41.1 Å². The standard InChI is InChI=1S/C25H26F6N2O2S/c1-23(32,15-34)22-33-14-21(36-22)17-8-11-20(19(13-17)25(29,30)31)35-12-4-2-3-5-16-6-9-18(10-7-16)24(26,27)28/h6-11,13-14,34H,2-5,12,15,32H2,1H3/t23-/m0/s1. The molecular formula is C25H26F6N2O2S. The first-order valence-electron chi connectivity index (χ1n) is 11.2. The van der Waals surface area contributed by atoms with Crippen molar-refractivity contribution < 1.29 is 36.2 Å². The summed E-state index contributed by atoms with van der Waals surface area (Å²) in [6.45, 7) is 1.30. The fraction of sp³-hybridized carbons (Fsp3) is 0.400. The van der Waals surface area contributed by atoms with Crippen LogP contribution in [0.15, 0.2) is 48.7 Å². The van der Waals surface area contributed by atoms with E-state index < -0.39 is 29.0 Å². The number of aliphatic hydroxyl groups is 1. The van der Waals surface area contributed by atoms with Crippen molar-refractivity contribution in [2.75, 3.05) is 13.2 Å². The molecule has 0 fully saturated rings. The van der Waals surface area contributed by atoms with E-state index in [1.807, 2.05) is 0 Å². The number of benzene rings is 2. The van der Waals surface area contributed by atoms with Gasteiger partial charge in [-0.25, -0.2) is 4.98 Å². The molecule has 2 aromatic carbocycles. The molecule has 3 aromatic rings. The Kier molecular flexibility index (Phi) is 8.68. The molecule has 0 aliphatic rings. The SMILES string of the molecule is C[C@](N)(CO)c1ncc(-c2ccc(OCCCCCc3ccc(C(F)(F)F)cc3)c(C(F)(F)F)c2)s1. The van der Waals surface area contributed by atoms with Gasteiger partial charge in [-0.15, -0.1) is 11.3 Å². The third kappa shape index (κ3) is 7.21. The molecule has 11 heteroatoms. The third-order valence-corrected chi connectivity index (χ3v) is 6.87. The van der Waals surface area contributed by atoms with Crippen molar-refractivity contribution in [2.24, 2.45) is 5.73 Å². The maximum absolute atomic E-state index is 13.7. The van der Waals surface area contributed by atoms with Gasteiger partial charge in [0.1, 0.15) is 10.8 Å². The predicted molar refractivity (Wildman–Crippen MR) is 126 cm³/mol. The van der Waals surface area contributed by atoms with Gasteiger partial charge in [0.15, 0.2) is 0 Å². The zero-order chi connectivity index (χ0) is 26.6. The molecule has 0 radical (unpaired) electrons. The Hall–Kier alpha value is -2.63. The van der Waals surface area contributed by atoms with Crippen molar-refractivity contribution in [3.63, 3.8) is 0 Å². The van der Waals surface area contributed by atoms with Crippen LogP contribution in [-0.2, 0) is 24.3 Å². The molecule has 1 atom stereocenters. The number of alkyl halides is 6. The molecule has 4 nitrogen and oxygen atoms in total. The second kappa shape index (κ2) is 11.2. The van der Waals surface area contributed by atoms with Crippen LogP contribution in [0.3, 0.4) is 0 Å². The first-order valence-corrected chi connectivity index (χ1v) is 12.0. The summed E-state index contributed by atoms with van der Waals surface area (Å²) < 4.78 is 84.4. The Balaban J connectivity index is 1.57. The van der Waals surface area contributed by atoms with Gasteiger partial charge in [0.2, 0.25) is 0 Å². The zero-order valence-electron chi connectivity index (χ0n) is 19.4. The fourth-order valence-corrected chi connectivity index (χ4v) is 4.38. The maximum atomic E-state index is 13.7. The second-order valence-electron chi connectivity index (χ2n) is 8.67. The highest BCUT2D eigenvalue weighted by molar-refractivity contribution is 7.15. The lowest BCUT2D eigenvalue weighted by Gasteiger charge is -2.18. The molecule has 0 saturated carbocycles. The molecule has 1 aromatic heterocycles. The summed E-state index contributed by atoms with van der Waals surface area (Å²) in [5, 5.41) is 9.79. The third-order valence-electron chi connectivity index (χ3n) is 5.54. The van der Waals surface area contributed by atoms with E-state index in [-0.39, 0.29) is 19.0 Å². The van der Waals surface area contributed by atoms with Gasteiger partial charge < -0.3 is 15.6 Å².